The number of cyclic esters (lactones) is 1. The molecule has 0 spiro atoms. The molecular formula is C47H80F4N4O14S. The predicted molar refractivity (Wildman–Crippen MR) is 250 cm³/mol. The van der Waals surface area contributed by atoms with E-state index < -0.39 is 136 Å². The number of nitrogens with one attached hydrogen (secondary N) is 3. The number of methoxy groups -OCH3 is 1. The smallest absolute Gasteiger partial charge is 0.416 e. The summed E-state index contributed by atoms with van der Waals surface area (Å²) >= 11 is 0. The molecule has 0 unspecified atom stereocenters. The van der Waals surface area contributed by atoms with E-state index in [1.807, 2.05) is 6.92 Å². The molecule has 23 heteroatoms. The van der Waals surface area contributed by atoms with Gasteiger partial charge in [-0.25, -0.2) is 0 Å². The third kappa shape index (κ3) is 13.9. The lowest BCUT2D eigenvalue weighted by Crippen LogP contribution is -2.70. The molecule has 0 saturated carbocycles. The molecule has 1 aromatic rings. The summed E-state index contributed by atoms with van der Waals surface area (Å²) in [6.45, 7) is 16.0. The van der Waals surface area contributed by atoms with Gasteiger partial charge in [0.05, 0.1) is 54.2 Å². The summed E-state index contributed by atoms with van der Waals surface area (Å²) in [6, 6.07) is 1.41. The number of halogens is 4. The van der Waals surface area contributed by atoms with Crippen molar-refractivity contribution in [2.24, 2.45) is 17.8 Å². The van der Waals surface area contributed by atoms with Crippen molar-refractivity contribution < 1.29 is 84.7 Å². The third-order valence-corrected chi connectivity index (χ3v) is 16.2. The van der Waals surface area contributed by atoms with E-state index in [1.54, 1.807) is 41.5 Å². The molecule has 0 aliphatic carbocycles. The van der Waals surface area contributed by atoms with Crippen LogP contribution in [0.5, 0.6) is 0 Å². The van der Waals surface area contributed by atoms with Gasteiger partial charge in [0.15, 0.2) is 12.6 Å². The van der Waals surface area contributed by atoms with Gasteiger partial charge in [0.2, 0.25) is 0 Å². The minimum absolute atomic E-state index is 0.00831. The second kappa shape index (κ2) is 23.9. The van der Waals surface area contributed by atoms with Gasteiger partial charge in [0, 0.05) is 44.8 Å². The zero-order valence-electron chi connectivity index (χ0n) is 42.5. The highest BCUT2D eigenvalue weighted by Crippen LogP contribution is 2.43. The molecule has 1 aromatic carbocycles. The lowest BCUT2D eigenvalue weighted by molar-refractivity contribution is -0.336. The van der Waals surface area contributed by atoms with E-state index in [-0.39, 0.29) is 63.3 Å². The lowest BCUT2D eigenvalue weighted by atomic mass is 9.75. The van der Waals surface area contributed by atoms with Crippen LogP contribution in [0.15, 0.2) is 24.3 Å². The zero-order valence-corrected chi connectivity index (χ0v) is 43.4. The fourth-order valence-electron chi connectivity index (χ4n) is 10.2. The average molecular weight is 1030 g/mol. The highest BCUT2D eigenvalue weighted by molar-refractivity contribution is 7.90. The number of hydrogen-bond donors (Lipinski definition) is 8. The predicted octanol–water partition coefficient (Wildman–Crippen LogP) is 3.62. The summed E-state index contributed by atoms with van der Waals surface area (Å²) in [5.41, 5.74) is -7.97. The van der Waals surface area contributed by atoms with E-state index in [9.17, 15) is 56.3 Å². The number of aliphatic hydroxyl groups excluding tert-OH is 2. The number of nitrogens with zero attached hydrogens (tertiary/aromatic N) is 1. The van der Waals surface area contributed by atoms with E-state index in [0.29, 0.717) is 0 Å². The van der Waals surface area contributed by atoms with Crippen molar-refractivity contribution in [3.63, 3.8) is 0 Å². The van der Waals surface area contributed by atoms with E-state index in [4.69, 9.17) is 28.4 Å². The number of hydrogen-bond acceptors (Lipinski definition) is 16. The first-order valence-corrected chi connectivity index (χ1v) is 25.6. The molecule has 0 amide bonds. The van der Waals surface area contributed by atoms with Crippen LogP contribution >= 0.6 is 0 Å². The minimum atomic E-state index is -4.65. The Hall–Kier alpha value is -2.36. The van der Waals surface area contributed by atoms with E-state index in [2.05, 4.69) is 15.4 Å². The highest BCUT2D eigenvalue weighted by atomic mass is 32.2. The quantitative estimate of drug-likeness (QED) is 0.0710. The maximum atomic E-state index is 14.5. The number of esters is 1. The Morgan fingerprint density at radius 3 is 2.17 bits per heavy atom. The van der Waals surface area contributed by atoms with Gasteiger partial charge in [-0.05, 0) is 117 Å². The highest BCUT2D eigenvalue weighted by Gasteiger charge is 2.58. The van der Waals surface area contributed by atoms with Crippen LogP contribution < -0.4 is 15.4 Å². The fourth-order valence-corrected chi connectivity index (χ4v) is 11.3. The van der Waals surface area contributed by atoms with E-state index in [0.717, 1.165) is 28.6 Å². The van der Waals surface area contributed by atoms with Crippen LogP contribution in [0.3, 0.4) is 0 Å². The van der Waals surface area contributed by atoms with Gasteiger partial charge in [-0.1, -0.05) is 20.8 Å². The number of aliphatic hydroxyl groups is 5. The maximum absolute atomic E-state index is 14.5. The van der Waals surface area contributed by atoms with Crippen molar-refractivity contribution in [3.05, 3.63) is 29.8 Å². The van der Waals surface area contributed by atoms with E-state index in [1.165, 1.54) is 34.9 Å². The zero-order chi connectivity index (χ0) is 52.9. The van der Waals surface area contributed by atoms with Crippen LogP contribution in [-0.2, 0) is 49.6 Å². The molecule has 3 saturated heterocycles. The van der Waals surface area contributed by atoms with Crippen molar-refractivity contribution in [1.82, 2.24) is 14.9 Å². The van der Waals surface area contributed by atoms with Gasteiger partial charge in [0.1, 0.15) is 35.1 Å². The van der Waals surface area contributed by atoms with Crippen LogP contribution in [0.4, 0.5) is 23.2 Å². The Labute approximate surface area is 410 Å². The molecule has 406 valence electrons. The van der Waals surface area contributed by atoms with Gasteiger partial charge in [-0.15, -0.1) is 0 Å². The van der Waals surface area contributed by atoms with Gasteiger partial charge < -0.3 is 64.6 Å². The first-order chi connectivity index (χ1) is 32.3. The van der Waals surface area contributed by atoms with Crippen LogP contribution in [0, 0.1) is 17.8 Å². The number of anilines is 1. The Morgan fingerprint density at radius 2 is 1.60 bits per heavy atom. The number of carbonyl (C=O) groups is 1. The second-order valence-electron chi connectivity index (χ2n) is 20.5. The van der Waals surface area contributed by atoms with Crippen molar-refractivity contribution >= 4 is 21.9 Å². The summed E-state index contributed by atoms with van der Waals surface area (Å²) in [5.74, 6) is -3.53. The third-order valence-electron chi connectivity index (χ3n) is 14.7. The first-order valence-electron chi connectivity index (χ1n) is 24.1. The van der Waals surface area contributed by atoms with Gasteiger partial charge in [-0.2, -0.15) is 25.9 Å². The minimum Gasteiger partial charge on any atom is -0.459 e. The molecular weight excluding hydrogens is 953 g/mol. The maximum Gasteiger partial charge on any atom is 0.416 e. The van der Waals surface area contributed by atoms with Crippen LogP contribution in [0.2, 0.25) is 0 Å². The molecule has 18 atom stereocenters. The van der Waals surface area contributed by atoms with Crippen molar-refractivity contribution in [1.29, 1.82) is 0 Å². The standard InChI is InChI=1S/C47H80F4N4O14S/c1-13-35-45(10,60)39(57)30(6)53-24-26(2)22-43(8,59)40(69-42-37(56)34(21-27(3)65-42)55(11)70(62,63)54-33-17-15-32(16-18-33)47(49,50)51)28(4)38(29(5)41(58)67-35)68-36-23-44(9,64-12)46(61,31(7)66-36)25-52-20-14-19-48/h15-18,26-31,34-40,42,52-54,56-57,59-61H,13-14,19-25H2,1-12H3/t26-,27-,28+,29-,30-,31+,34+,35-,36+,37-,38+,39-,40-,42+,43-,44-,45-,46+/m1/s1. The lowest BCUT2D eigenvalue weighted by Gasteiger charge is -2.53. The van der Waals surface area contributed by atoms with E-state index >= 15 is 0 Å². The molecule has 0 bridgehead atoms. The number of benzene rings is 1. The van der Waals surface area contributed by atoms with Gasteiger partial charge in [-0.3, -0.25) is 13.9 Å². The van der Waals surface area contributed by atoms with Crippen LogP contribution in [0.1, 0.15) is 107 Å². The summed E-state index contributed by atoms with van der Waals surface area (Å²) < 4.78 is 121. The van der Waals surface area contributed by atoms with Gasteiger partial charge >= 0.3 is 22.4 Å². The topological polar surface area (TPSA) is 247 Å². The first kappa shape index (κ1) is 60.2. The molecule has 0 radical (unpaired) electrons. The molecule has 8 N–H and O–H groups in total. The number of alkyl halides is 4. The normalized spacial score (nSPS) is 41.1. The Balaban J connectivity index is 1.78. The average Bonchev–Trinajstić information content (AvgIpc) is 3.28. The molecule has 0 aromatic heterocycles. The van der Waals surface area contributed by atoms with Gasteiger partial charge in [0.25, 0.3) is 0 Å². The Bertz CT molecular complexity index is 1940. The molecule has 3 fully saturated rings. The van der Waals surface area contributed by atoms with Crippen LogP contribution in [0.25, 0.3) is 0 Å². The fraction of sp³-hybridized carbons (Fsp3) is 0.851. The molecule has 3 heterocycles. The number of carbonyl (C=O) groups excluding carboxylic acids is 1. The Morgan fingerprint density at radius 1 is 0.971 bits per heavy atom. The second-order valence-corrected chi connectivity index (χ2v) is 22.2. The number of rotatable bonds is 15. The van der Waals surface area contributed by atoms with Crippen molar-refractivity contribution in [2.45, 2.75) is 197 Å². The number of likely N-dealkylation sites (N-methyl/N-ethyl adjacent to an activating group) is 1. The molecule has 4 rings (SSSR count). The van der Waals surface area contributed by atoms with Crippen molar-refractivity contribution in [2.75, 3.05) is 45.2 Å². The SMILES string of the molecule is CC[C@H]1OC(=O)[C@H](C)[C@@H](O[C@H]2C[C@@](C)(OC)[C@](O)(CNCCCF)[C@H](C)O2)[C@H](C)[C@@H](O[C@@H]2O[C@H](C)C[C@H](N(C)S(=O)(=O)Nc3ccc(C(F)(F)F)cc3)[C@H]2O)[C@](C)(O)C[C@@H](C)CN[C@H](C)[C@@H](O)[C@]1(C)O. The molecule has 3 aliphatic heterocycles. The van der Waals surface area contributed by atoms with Crippen LogP contribution in [-0.4, -0.2) is 174 Å². The Kier molecular flexibility index (Phi) is 20.5. The molecule has 18 nitrogen and oxygen atoms in total. The molecule has 3 aliphatic rings. The summed E-state index contributed by atoms with van der Waals surface area (Å²) in [5, 5.41) is 66.3. The summed E-state index contributed by atoms with van der Waals surface area (Å²) in [7, 11) is -1.94. The number of ether oxygens (including phenoxy) is 6. The summed E-state index contributed by atoms with van der Waals surface area (Å²) in [6.07, 6.45) is -16.2. The van der Waals surface area contributed by atoms with Crippen molar-refractivity contribution in [3.8, 4) is 0 Å². The largest absolute Gasteiger partial charge is 0.459 e. The monoisotopic (exact) mass is 1030 g/mol. The molecule has 70 heavy (non-hydrogen) atoms. The summed E-state index contributed by atoms with van der Waals surface area (Å²) in [4.78, 5) is 14.5.